The molecule has 1 amide bonds. The number of benzene rings is 1. The van der Waals surface area contributed by atoms with E-state index >= 15 is 0 Å². The molecule has 0 radical (unpaired) electrons. The van der Waals surface area contributed by atoms with Crippen LogP contribution in [-0.4, -0.2) is 73.8 Å². The van der Waals surface area contributed by atoms with Crippen molar-refractivity contribution in [2.45, 2.75) is 13.8 Å². The molecule has 26 heavy (non-hydrogen) atoms. The van der Waals surface area contributed by atoms with Gasteiger partial charge in [-0.1, -0.05) is 12.1 Å². The van der Waals surface area contributed by atoms with Crippen LogP contribution in [0, 0.1) is 13.8 Å². The molecule has 0 spiro atoms. The fourth-order valence-electron chi connectivity index (χ4n) is 3.23. The molecule has 0 aliphatic carbocycles. The van der Waals surface area contributed by atoms with Gasteiger partial charge in [0.25, 0.3) is 5.91 Å². The second kappa shape index (κ2) is 7.32. The van der Waals surface area contributed by atoms with E-state index in [4.69, 9.17) is 0 Å². The van der Waals surface area contributed by atoms with Crippen molar-refractivity contribution in [3.8, 4) is 0 Å². The lowest BCUT2D eigenvalue weighted by Crippen LogP contribution is -2.49. The molecule has 2 aromatic rings. The van der Waals surface area contributed by atoms with Gasteiger partial charge in [0, 0.05) is 44.4 Å². The number of sulfone groups is 1. The Morgan fingerprint density at radius 1 is 1.12 bits per heavy atom. The average Bonchev–Trinajstić information content (AvgIpc) is 2.58. The fraction of sp³-hybridized carbons (Fsp3) is 0.474. The molecule has 1 aromatic heterocycles. The first-order chi connectivity index (χ1) is 12.2. The maximum Gasteiger partial charge on any atom is 0.255 e. The maximum atomic E-state index is 12.9. The molecule has 1 aromatic carbocycles. The Bertz CT molecular complexity index is 932. The highest BCUT2D eigenvalue weighted by atomic mass is 32.2. The second-order valence-corrected chi connectivity index (χ2v) is 9.34. The largest absolute Gasteiger partial charge is 0.336 e. The van der Waals surface area contributed by atoms with E-state index in [1.807, 2.05) is 43.0 Å². The summed E-state index contributed by atoms with van der Waals surface area (Å²) in [6.07, 6.45) is 1.25. The zero-order chi connectivity index (χ0) is 18.9. The van der Waals surface area contributed by atoms with Crippen LogP contribution < -0.4 is 0 Å². The summed E-state index contributed by atoms with van der Waals surface area (Å²) >= 11 is 0. The van der Waals surface area contributed by atoms with E-state index in [0.29, 0.717) is 38.3 Å². The number of hydrogen-bond acceptors (Lipinski definition) is 5. The number of fused-ring (bicyclic) bond motifs is 1. The minimum atomic E-state index is -2.96. The van der Waals surface area contributed by atoms with Crippen LogP contribution >= 0.6 is 0 Å². The van der Waals surface area contributed by atoms with Crippen molar-refractivity contribution in [1.82, 2.24) is 14.8 Å². The molecular weight excluding hydrogens is 350 g/mol. The molecule has 7 heteroatoms. The first-order valence-corrected chi connectivity index (χ1v) is 10.9. The molecule has 0 saturated carbocycles. The van der Waals surface area contributed by atoms with Crippen LogP contribution in [0.15, 0.2) is 24.3 Å². The average molecular weight is 375 g/mol. The molecule has 0 unspecified atom stereocenters. The summed E-state index contributed by atoms with van der Waals surface area (Å²) in [5, 5.41) is 0.969. The summed E-state index contributed by atoms with van der Waals surface area (Å²) < 4.78 is 22.6. The molecule has 3 rings (SSSR count). The number of carbonyl (C=O) groups excluding carboxylic acids is 1. The third-order valence-corrected chi connectivity index (χ3v) is 5.76. The Balaban J connectivity index is 1.70. The zero-order valence-electron chi connectivity index (χ0n) is 15.5. The van der Waals surface area contributed by atoms with Gasteiger partial charge in [-0.05, 0) is 31.5 Å². The topological polar surface area (TPSA) is 70.6 Å². The lowest BCUT2D eigenvalue weighted by Gasteiger charge is -2.34. The van der Waals surface area contributed by atoms with Crippen LogP contribution in [0.1, 0.15) is 21.6 Å². The number of rotatable bonds is 4. The molecule has 0 bridgehead atoms. The van der Waals surface area contributed by atoms with Gasteiger partial charge >= 0.3 is 0 Å². The number of piperazine rings is 1. The van der Waals surface area contributed by atoms with Crippen LogP contribution in [0.2, 0.25) is 0 Å². The van der Waals surface area contributed by atoms with Crippen molar-refractivity contribution in [2.24, 2.45) is 0 Å². The van der Waals surface area contributed by atoms with Crippen molar-refractivity contribution in [2.75, 3.05) is 44.7 Å². The highest BCUT2D eigenvalue weighted by Gasteiger charge is 2.24. The van der Waals surface area contributed by atoms with Crippen LogP contribution in [0.25, 0.3) is 10.9 Å². The van der Waals surface area contributed by atoms with E-state index in [9.17, 15) is 13.2 Å². The molecular formula is C19H25N3O3S. The Kier molecular flexibility index (Phi) is 5.29. The van der Waals surface area contributed by atoms with Gasteiger partial charge < -0.3 is 4.90 Å². The van der Waals surface area contributed by atoms with Gasteiger partial charge in [-0.3, -0.25) is 14.7 Å². The summed E-state index contributed by atoms with van der Waals surface area (Å²) in [6.45, 7) is 7.02. The van der Waals surface area contributed by atoms with E-state index in [0.717, 1.165) is 22.2 Å². The van der Waals surface area contributed by atoms with E-state index < -0.39 is 9.84 Å². The van der Waals surface area contributed by atoms with Crippen LogP contribution in [-0.2, 0) is 9.84 Å². The molecule has 0 atom stereocenters. The summed E-state index contributed by atoms with van der Waals surface area (Å²) in [4.78, 5) is 21.5. The zero-order valence-corrected chi connectivity index (χ0v) is 16.3. The molecule has 1 fully saturated rings. The molecule has 1 aliphatic heterocycles. The van der Waals surface area contributed by atoms with Crippen molar-refractivity contribution >= 4 is 26.6 Å². The highest BCUT2D eigenvalue weighted by Crippen LogP contribution is 2.20. The van der Waals surface area contributed by atoms with Gasteiger partial charge in [0.2, 0.25) is 0 Å². The Morgan fingerprint density at radius 3 is 2.46 bits per heavy atom. The summed E-state index contributed by atoms with van der Waals surface area (Å²) in [7, 11) is -2.96. The normalized spacial score (nSPS) is 16.2. The predicted molar refractivity (Wildman–Crippen MR) is 103 cm³/mol. The first-order valence-electron chi connectivity index (χ1n) is 8.80. The van der Waals surface area contributed by atoms with Gasteiger partial charge in [0.15, 0.2) is 0 Å². The lowest BCUT2D eigenvalue weighted by atomic mass is 10.1. The van der Waals surface area contributed by atoms with Gasteiger partial charge in [-0.15, -0.1) is 0 Å². The summed E-state index contributed by atoms with van der Waals surface area (Å²) in [6, 6.07) is 7.97. The Hall–Kier alpha value is -1.99. The number of hydrogen-bond donors (Lipinski definition) is 0. The third-order valence-electron chi connectivity index (χ3n) is 4.83. The maximum absolute atomic E-state index is 12.9. The molecule has 140 valence electrons. The first kappa shape index (κ1) is 18.8. The van der Waals surface area contributed by atoms with Crippen molar-refractivity contribution in [1.29, 1.82) is 0 Å². The van der Waals surface area contributed by atoms with Gasteiger partial charge in [-0.2, -0.15) is 0 Å². The molecule has 1 saturated heterocycles. The number of pyridine rings is 1. The Morgan fingerprint density at radius 2 is 1.81 bits per heavy atom. The van der Waals surface area contributed by atoms with Crippen molar-refractivity contribution in [3.63, 3.8) is 0 Å². The molecule has 6 nitrogen and oxygen atoms in total. The van der Waals surface area contributed by atoms with Crippen molar-refractivity contribution in [3.05, 3.63) is 41.1 Å². The SMILES string of the molecule is Cc1ccc2cc(C(=O)N3CCN(CCS(C)(=O)=O)CC3)c(C)nc2c1. The molecule has 0 N–H and O–H groups in total. The van der Waals surface area contributed by atoms with E-state index in [-0.39, 0.29) is 11.7 Å². The fourth-order valence-corrected chi connectivity index (χ4v) is 3.82. The van der Waals surface area contributed by atoms with E-state index in [1.165, 1.54) is 6.26 Å². The van der Waals surface area contributed by atoms with Crippen molar-refractivity contribution < 1.29 is 13.2 Å². The minimum Gasteiger partial charge on any atom is -0.336 e. The van der Waals surface area contributed by atoms with Crippen LogP contribution in [0.5, 0.6) is 0 Å². The predicted octanol–water partition coefficient (Wildman–Crippen LogP) is 1.65. The van der Waals surface area contributed by atoms with E-state index in [2.05, 4.69) is 9.88 Å². The number of aromatic nitrogens is 1. The number of aryl methyl sites for hydroxylation is 2. The number of carbonyl (C=O) groups is 1. The van der Waals surface area contributed by atoms with Crippen LogP contribution in [0.3, 0.4) is 0 Å². The Labute approximate surface area is 154 Å². The second-order valence-electron chi connectivity index (χ2n) is 7.08. The summed E-state index contributed by atoms with van der Waals surface area (Å²) in [5.74, 6) is 0.161. The molecule has 2 heterocycles. The highest BCUT2D eigenvalue weighted by molar-refractivity contribution is 7.90. The smallest absolute Gasteiger partial charge is 0.255 e. The summed E-state index contributed by atoms with van der Waals surface area (Å²) in [5.41, 5.74) is 3.44. The van der Waals surface area contributed by atoms with Gasteiger partial charge in [0.05, 0.1) is 22.5 Å². The lowest BCUT2D eigenvalue weighted by molar-refractivity contribution is 0.0643. The monoisotopic (exact) mass is 375 g/mol. The third kappa shape index (κ3) is 4.40. The number of nitrogens with zero attached hydrogens (tertiary/aromatic N) is 3. The van der Waals surface area contributed by atoms with E-state index in [1.54, 1.807) is 0 Å². The standard InChI is InChI=1S/C19H25N3O3S/c1-14-4-5-16-13-17(15(2)20-18(16)12-14)19(23)22-8-6-21(7-9-22)10-11-26(3,24)25/h4-5,12-13H,6-11H2,1-3H3. The molecule has 1 aliphatic rings. The quantitative estimate of drug-likeness (QED) is 0.813. The number of amides is 1. The van der Waals surface area contributed by atoms with Gasteiger partial charge in [-0.25, -0.2) is 8.42 Å². The van der Waals surface area contributed by atoms with Crippen LogP contribution in [0.4, 0.5) is 0 Å². The minimum absolute atomic E-state index is 0.000220. The van der Waals surface area contributed by atoms with Gasteiger partial charge in [0.1, 0.15) is 9.84 Å².